The smallest absolute Gasteiger partial charge is 0.258 e. The van der Waals surface area contributed by atoms with Crippen molar-refractivity contribution >= 4 is 5.69 Å². The molecule has 1 aromatic heterocycles. The molecule has 0 aliphatic carbocycles. The minimum atomic E-state index is -0.117. The minimum Gasteiger partial charge on any atom is -0.399 e. The molecule has 0 aliphatic heterocycles. The highest BCUT2D eigenvalue weighted by Gasteiger charge is 2.17. The summed E-state index contributed by atoms with van der Waals surface area (Å²) < 4.78 is 10.8. The monoisotopic (exact) mass is 247 g/mol. The molecule has 1 aromatic carbocycles. The lowest BCUT2D eigenvalue weighted by molar-refractivity contribution is 0.0518. The zero-order valence-corrected chi connectivity index (χ0v) is 10.6. The van der Waals surface area contributed by atoms with Crippen molar-refractivity contribution in [3.63, 3.8) is 0 Å². The van der Waals surface area contributed by atoms with Gasteiger partial charge in [0.1, 0.15) is 6.10 Å². The number of hydrogen-bond donors (Lipinski definition) is 1. The maximum atomic E-state index is 5.72. The van der Waals surface area contributed by atoms with Gasteiger partial charge in [-0.25, -0.2) is 0 Å². The zero-order chi connectivity index (χ0) is 13.0. The van der Waals surface area contributed by atoms with Crippen LogP contribution in [-0.4, -0.2) is 16.7 Å². The summed E-state index contributed by atoms with van der Waals surface area (Å²) in [6, 6.07) is 7.36. The second-order valence-electron chi connectivity index (χ2n) is 3.94. The third-order valence-electron chi connectivity index (χ3n) is 2.60. The molecule has 96 valence electrons. The normalized spacial score (nSPS) is 12.6. The van der Waals surface area contributed by atoms with Gasteiger partial charge in [0.05, 0.1) is 0 Å². The highest BCUT2D eigenvalue weighted by atomic mass is 16.5. The largest absolute Gasteiger partial charge is 0.399 e. The number of anilines is 1. The van der Waals surface area contributed by atoms with Crippen molar-refractivity contribution < 1.29 is 9.26 Å². The number of nitrogen functional groups attached to an aromatic ring is 1. The zero-order valence-electron chi connectivity index (χ0n) is 10.6. The molecule has 0 saturated carbocycles. The molecule has 5 nitrogen and oxygen atoms in total. The van der Waals surface area contributed by atoms with Crippen LogP contribution in [0.15, 0.2) is 28.8 Å². The van der Waals surface area contributed by atoms with E-state index in [2.05, 4.69) is 10.1 Å². The minimum absolute atomic E-state index is 0.117. The molecule has 2 rings (SSSR count). The molecule has 0 spiro atoms. The maximum absolute atomic E-state index is 5.72. The van der Waals surface area contributed by atoms with Gasteiger partial charge in [-0.2, -0.15) is 4.98 Å². The van der Waals surface area contributed by atoms with Gasteiger partial charge in [-0.3, -0.25) is 0 Å². The highest BCUT2D eigenvalue weighted by Crippen LogP contribution is 2.23. The lowest BCUT2D eigenvalue weighted by atomic mass is 10.2. The van der Waals surface area contributed by atoms with Crippen LogP contribution in [0.4, 0.5) is 5.69 Å². The Kier molecular flexibility index (Phi) is 3.94. The summed E-state index contributed by atoms with van der Waals surface area (Å²) in [6.07, 6.45) is 0.692. The Bertz CT molecular complexity index is 510. The Morgan fingerprint density at radius 2 is 2.22 bits per heavy atom. The fourth-order valence-electron chi connectivity index (χ4n) is 1.73. The summed E-state index contributed by atoms with van der Waals surface area (Å²) in [5.41, 5.74) is 7.21. The first-order valence-electron chi connectivity index (χ1n) is 6.05. The third kappa shape index (κ3) is 2.68. The average Bonchev–Trinajstić information content (AvgIpc) is 2.85. The molecule has 0 bridgehead atoms. The van der Waals surface area contributed by atoms with E-state index in [1.165, 1.54) is 0 Å². The Morgan fingerprint density at radius 1 is 1.39 bits per heavy atom. The van der Waals surface area contributed by atoms with Gasteiger partial charge < -0.3 is 15.0 Å². The standard InChI is InChI=1S/C13H17N3O2/c1-3-11(17-4-2)12-15-13(18-16-12)9-6-5-7-10(14)8-9/h5-8,11H,3-4,14H2,1-2H3. The lowest BCUT2D eigenvalue weighted by Crippen LogP contribution is -2.04. The van der Waals surface area contributed by atoms with Crippen molar-refractivity contribution in [3.8, 4) is 11.5 Å². The molecule has 0 aliphatic rings. The Hall–Kier alpha value is -1.88. The summed E-state index contributed by atoms with van der Waals surface area (Å²) in [6.45, 7) is 4.60. The van der Waals surface area contributed by atoms with Gasteiger partial charge in [0.25, 0.3) is 5.89 Å². The van der Waals surface area contributed by atoms with Crippen LogP contribution in [0.5, 0.6) is 0 Å². The van der Waals surface area contributed by atoms with Crippen LogP contribution in [0.25, 0.3) is 11.5 Å². The number of nitrogens with zero attached hydrogens (tertiary/aromatic N) is 2. The van der Waals surface area contributed by atoms with Crippen LogP contribution >= 0.6 is 0 Å². The van der Waals surface area contributed by atoms with E-state index < -0.39 is 0 Å². The summed E-state index contributed by atoms with van der Waals surface area (Å²) in [5, 5.41) is 3.96. The SMILES string of the molecule is CCOC(CC)c1noc(-c2cccc(N)c2)n1. The number of aromatic nitrogens is 2. The van der Waals surface area contributed by atoms with Gasteiger partial charge in [-0.05, 0) is 31.5 Å². The Morgan fingerprint density at radius 3 is 2.89 bits per heavy atom. The molecule has 0 saturated heterocycles. The summed E-state index contributed by atoms with van der Waals surface area (Å²) in [4.78, 5) is 4.35. The molecular weight excluding hydrogens is 230 g/mol. The number of hydrogen-bond acceptors (Lipinski definition) is 5. The number of nitrogens with two attached hydrogens (primary N) is 1. The van der Waals surface area contributed by atoms with E-state index in [0.717, 1.165) is 12.0 Å². The molecule has 18 heavy (non-hydrogen) atoms. The quantitative estimate of drug-likeness (QED) is 0.822. The van der Waals surface area contributed by atoms with Crippen molar-refractivity contribution in [3.05, 3.63) is 30.1 Å². The van der Waals surface area contributed by atoms with Crippen molar-refractivity contribution in [2.24, 2.45) is 0 Å². The summed E-state index contributed by atoms with van der Waals surface area (Å²) in [7, 11) is 0. The highest BCUT2D eigenvalue weighted by molar-refractivity contribution is 5.59. The first-order chi connectivity index (χ1) is 8.74. The number of rotatable bonds is 5. The molecule has 0 fully saturated rings. The molecule has 5 heteroatoms. The predicted octanol–water partition coefficient (Wildman–Crippen LogP) is 2.81. The average molecular weight is 247 g/mol. The molecular formula is C13H17N3O2. The first-order valence-corrected chi connectivity index (χ1v) is 6.05. The van der Waals surface area contributed by atoms with Crippen LogP contribution in [0.2, 0.25) is 0 Å². The molecule has 2 N–H and O–H groups in total. The van der Waals surface area contributed by atoms with Crippen LogP contribution in [0, 0.1) is 0 Å². The van der Waals surface area contributed by atoms with E-state index in [-0.39, 0.29) is 6.10 Å². The van der Waals surface area contributed by atoms with Gasteiger partial charge in [-0.1, -0.05) is 18.1 Å². The van der Waals surface area contributed by atoms with Gasteiger partial charge in [0, 0.05) is 17.9 Å². The van der Waals surface area contributed by atoms with E-state index in [1.807, 2.05) is 32.0 Å². The number of ether oxygens (including phenoxy) is 1. The van der Waals surface area contributed by atoms with Crippen LogP contribution < -0.4 is 5.73 Å². The first kappa shape index (κ1) is 12.6. The second kappa shape index (κ2) is 5.64. The van der Waals surface area contributed by atoms with E-state index >= 15 is 0 Å². The van der Waals surface area contributed by atoms with E-state index in [4.69, 9.17) is 15.0 Å². The second-order valence-corrected chi connectivity index (χ2v) is 3.94. The number of benzene rings is 1. The van der Waals surface area contributed by atoms with Crippen molar-refractivity contribution in [2.45, 2.75) is 26.4 Å². The topological polar surface area (TPSA) is 74.2 Å². The van der Waals surface area contributed by atoms with E-state index in [0.29, 0.717) is 24.0 Å². The molecule has 0 radical (unpaired) electrons. The molecule has 1 unspecified atom stereocenters. The van der Waals surface area contributed by atoms with Gasteiger partial charge in [-0.15, -0.1) is 0 Å². The Balaban J connectivity index is 2.24. The van der Waals surface area contributed by atoms with Crippen LogP contribution in [0.3, 0.4) is 0 Å². The van der Waals surface area contributed by atoms with Crippen LogP contribution in [0.1, 0.15) is 32.2 Å². The molecule has 1 atom stereocenters. The molecule has 1 heterocycles. The fourth-order valence-corrected chi connectivity index (χ4v) is 1.73. The maximum Gasteiger partial charge on any atom is 0.258 e. The molecule has 2 aromatic rings. The summed E-state index contributed by atoms with van der Waals surface area (Å²) >= 11 is 0. The van der Waals surface area contributed by atoms with Gasteiger partial charge >= 0.3 is 0 Å². The summed E-state index contributed by atoms with van der Waals surface area (Å²) in [5.74, 6) is 1.05. The van der Waals surface area contributed by atoms with Crippen molar-refractivity contribution in [2.75, 3.05) is 12.3 Å². The fraction of sp³-hybridized carbons (Fsp3) is 0.385. The van der Waals surface area contributed by atoms with Crippen LogP contribution in [-0.2, 0) is 4.74 Å². The lowest BCUT2D eigenvalue weighted by Gasteiger charge is -2.09. The van der Waals surface area contributed by atoms with Gasteiger partial charge in [0.15, 0.2) is 0 Å². The molecule has 0 amide bonds. The van der Waals surface area contributed by atoms with Gasteiger partial charge in [0.2, 0.25) is 5.82 Å². The Labute approximate surface area is 106 Å². The van der Waals surface area contributed by atoms with Crippen molar-refractivity contribution in [1.29, 1.82) is 0 Å². The predicted molar refractivity (Wildman–Crippen MR) is 68.8 cm³/mol. The third-order valence-corrected chi connectivity index (χ3v) is 2.60. The van der Waals surface area contributed by atoms with E-state index in [1.54, 1.807) is 6.07 Å². The van der Waals surface area contributed by atoms with E-state index in [9.17, 15) is 0 Å². The van der Waals surface area contributed by atoms with Crippen molar-refractivity contribution in [1.82, 2.24) is 10.1 Å².